The monoisotopic (exact) mass is 345 g/mol. The molecule has 122 valence electrons. The number of aromatic nitrogens is 1. The van der Waals surface area contributed by atoms with Gasteiger partial charge in [-0.1, -0.05) is 11.6 Å². The van der Waals surface area contributed by atoms with Crippen molar-refractivity contribution in [1.29, 1.82) is 0 Å². The van der Waals surface area contributed by atoms with E-state index in [1.54, 1.807) is 17.0 Å². The molecule has 0 saturated carbocycles. The molecule has 6 nitrogen and oxygen atoms in total. The normalized spacial score (nSPS) is 19.2. The van der Waals surface area contributed by atoms with Crippen molar-refractivity contribution in [1.82, 2.24) is 14.6 Å². The average molecular weight is 346 g/mol. The van der Waals surface area contributed by atoms with Gasteiger partial charge in [-0.3, -0.25) is 9.78 Å². The third kappa shape index (κ3) is 4.93. The quantitative estimate of drug-likeness (QED) is 0.880. The van der Waals surface area contributed by atoms with Gasteiger partial charge in [-0.05, 0) is 37.8 Å². The maximum absolute atomic E-state index is 12.6. The third-order valence-electron chi connectivity index (χ3n) is 3.67. The summed E-state index contributed by atoms with van der Waals surface area (Å²) in [7, 11) is -3.20. The first kappa shape index (κ1) is 17.2. The minimum atomic E-state index is -3.20. The number of likely N-dealkylation sites (tertiary alicyclic amines) is 1. The number of sulfonamides is 1. The Bertz CT molecular complexity index is 636. The molecule has 2 rings (SSSR count). The summed E-state index contributed by atoms with van der Waals surface area (Å²) >= 11 is 5.91. The zero-order chi connectivity index (χ0) is 16.2. The van der Waals surface area contributed by atoms with Crippen molar-refractivity contribution in [3.63, 3.8) is 0 Å². The van der Waals surface area contributed by atoms with Crippen molar-refractivity contribution in [2.24, 2.45) is 0 Å². The van der Waals surface area contributed by atoms with Gasteiger partial charge < -0.3 is 4.90 Å². The number of hydrogen-bond donors (Lipinski definition) is 1. The molecule has 22 heavy (non-hydrogen) atoms. The molecule has 1 aliphatic rings. The smallest absolute Gasteiger partial charge is 0.272 e. The van der Waals surface area contributed by atoms with Gasteiger partial charge in [0.1, 0.15) is 5.69 Å². The number of carbonyl (C=O) groups excluding carboxylic acids is 1. The molecule has 8 heteroatoms. The highest BCUT2D eigenvalue weighted by Gasteiger charge is 2.28. The van der Waals surface area contributed by atoms with Crippen LogP contribution in [0.1, 0.15) is 36.2 Å². The van der Waals surface area contributed by atoms with E-state index in [-0.39, 0.29) is 11.9 Å². The van der Waals surface area contributed by atoms with Gasteiger partial charge in [0, 0.05) is 30.4 Å². The van der Waals surface area contributed by atoms with Crippen LogP contribution in [0.5, 0.6) is 0 Å². The Hall–Kier alpha value is -1.18. The molecule has 0 radical (unpaired) electrons. The molecular formula is C14H20ClN3O3S. The lowest BCUT2D eigenvalue weighted by atomic mass is 9.99. The second kappa shape index (κ2) is 7.39. The Morgan fingerprint density at radius 3 is 2.95 bits per heavy atom. The predicted molar refractivity (Wildman–Crippen MR) is 85.4 cm³/mol. The maximum atomic E-state index is 12.6. The van der Waals surface area contributed by atoms with E-state index in [0.717, 1.165) is 25.5 Å². The van der Waals surface area contributed by atoms with Gasteiger partial charge in [-0.25, -0.2) is 13.1 Å². The van der Waals surface area contributed by atoms with E-state index >= 15 is 0 Å². The van der Waals surface area contributed by atoms with Crippen LogP contribution < -0.4 is 4.72 Å². The fraction of sp³-hybridized carbons (Fsp3) is 0.571. The Morgan fingerprint density at radius 1 is 1.50 bits per heavy atom. The standard InChI is InChI=1S/C14H20ClN3O3S/c1-22(20,21)17-8-6-12-4-2-3-9-18(12)14(19)13-10-11(15)5-7-16-13/h5,7,10,12,17H,2-4,6,8-9H2,1H3. The summed E-state index contributed by atoms with van der Waals surface area (Å²) in [5.41, 5.74) is 0.329. The fourth-order valence-corrected chi connectivity index (χ4v) is 3.30. The number of hydrogen-bond acceptors (Lipinski definition) is 4. The molecule has 1 unspecified atom stereocenters. The molecule has 1 saturated heterocycles. The summed E-state index contributed by atoms with van der Waals surface area (Å²) in [4.78, 5) is 18.5. The van der Waals surface area contributed by atoms with E-state index in [0.29, 0.717) is 30.2 Å². The van der Waals surface area contributed by atoms with Crippen molar-refractivity contribution in [3.8, 4) is 0 Å². The Labute approximate surface area is 135 Å². The van der Waals surface area contributed by atoms with Crippen LogP contribution >= 0.6 is 11.6 Å². The topological polar surface area (TPSA) is 79.4 Å². The van der Waals surface area contributed by atoms with Gasteiger partial charge in [0.2, 0.25) is 10.0 Å². The van der Waals surface area contributed by atoms with Crippen molar-refractivity contribution in [2.75, 3.05) is 19.3 Å². The van der Waals surface area contributed by atoms with E-state index < -0.39 is 10.0 Å². The highest BCUT2D eigenvalue weighted by molar-refractivity contribution is 7.88. The Balaban J connectivity index is 2.04. The predicted octanol–water partition coefficient (Wildman–Crippen LogP) is 1.67. The van der Waals surface area contributed by atoms with Crippen molar-refractivity contribution >= 4 is 27.5 Å². The SMILES string of the molecule is CS(=O)(=O)NCCC1CCCCN1C(=O)c1cc(Cl)ccn1. The van der Waals surface area contributed by atoms with E-state index in [4.69, 9.17) is 11.6 Å². The van der Waals surface area contributed by atoms with Gasteiger partial charge in [0.15, 0.2) is 0 Å². The molecule has 1 amide bonds. The minimum Gasteiger partial charge on any atom is -0.334 e. The van der Waals surface area contributed by atoms with Crippen LogP contribution in [0, 0.1) is 0 Å². The maximum Gasteiger partial charge on any atom is 0.272 e. The number of halogens is 1. The zero-order valence-corrected chi connectivity index (χ0v) is 14.0. The van der Waals surface area contributed by atoms with Crippen LogP contribution in [0.15, 0.2) is 18.3 Å². The molecule has 1 aromatic heterocycles. The van der Waals surface area contributed by atoms with Gasteiger partial charge >= 0.3 is 0 Å². The lowest BCUT2D eigenvalue weighted by Crippen LogP contribution is -2.45. The molecule has 1 aliphatic heterocycles. The number of pyridine rings is 1. The summed E-state index contributed by atoms with van der Waals surface area (Å²) in [6.45, 7) is 0.993. The summed E-state index contributed by atoms with van der Waals surface area (Å²) < 4.78 is 24.7. The highest BCUT2D eigenvalue weighted by atomic mass is 35.5. The number of piperidine rings is 1. The second-order valence-corrected chi connectivity index (χ2v) is 7.73. The average Bonchev–Trinajstić information content (AvgIpc) is 2.46. The second-order valence-electron chi connectivity index (χ2n) is 5.46. The molecule has 0 aromatic carbocycles. The van der Waals surface area contributed by atoms with Crippen LogP contribution in [0.25, 0.3) is 0 Å². The highest BCUT2D eigenvalue weighted by Crippen LogP contribution is 2.22. The zero-order valence-electron chi connectivity index (χ0n) is 12.5. The van der Waals surface area contributed by atoms with Crippen molar-refractivity contribution in [3.05, 3.63) is 29.0 Å². The molecular weight excluding hydrogens is 326 g/mol. The number of nitrogens with one attached hydrogen (secondary N) is 1. The number of rotatable bonds is 5. The van der Waals surface area contributed by atoms with Crippen LogP contribution in [0.3, 0.4) is 0 Å². The molecule has 0 spiro atoms. The summed E-state index contributed by atoms with van der Waals surface area (Å²) in [5.74, 6) is -0.147. The van der Waals surface area contributed by atoms with Crippen LogP contribution in [-0.4, -0.2) is 49.6 Å². The third-order valence-corrected chi connectivity index (χ3v) is 4.63. The lowest BCUT2D eigenvalue weighted by Gasteiger charge is -2.35. The number of amides is 1. The van der Waals surface area contributed by atoms with E-state index in [9.17, 15) is 13.2 Å². The Morgan fingerprint density at radius 2 is 2.27 bits per heavy atom. The van der Waals surface area contributed by atoms with Crippen molar-refractivity contribution < 1.29 is 13.2 Å². The molecule has 0 aliphatic carbocycles. The van der Waals surface area contributed by atoms with Crippen LogP contribution in [0.2, 0.25) is 5.02 Å². The lowest BCUT2D eigenvalue weighted by molar-refractivity contribution is 0.0598. The molecule has 1 fully saturated rings. The van der Waals surface area contributed by atoms with Gasteiger partial charge in [0.25, 0.3) is 5.91 Å². The van der Waals surface area contributed by atoms with Crippen molar-refractivity contribution in [2.45, 2.75) is 31.7 Å². The first-order valence-corrected chi connectivity index (χ1v) is 9.51. The molecule has 0 bridgehead atoms. The van der Waals surface area contributed by atoms with Gasteiger partial charge in [-0.15, -0.1) is 0 Å². The summed E-state index contributed by atoms with van der Waals surface area (Å²) in [6, 6.07) is 3.21. The molecule has 1 N–H and O–H groups in total. The molecule has 2 heterocycles. The molecule has 1 aromatic rings. The summed E-state index contributed by atoms with van der Waals surface area (Å²) in [5, 5.41) is 0.477. The van der Waals surface area contributed by atoms with Crippen LogP contribution in [-0.2, 0) is 10.0 Å². The van der Waals surface area contributed by atoms with E-state index in [1.807, 2.05) is 0 Å². The van der Waals surface area contributed by atoms with E-state index in [1.165, 1.54) is 6.20 Å². The first-order chi connectivity index (χ1) is 10.4. The molecule has 1 atom stereocenters. The minimum absolute atomic E-state index is 0.0243. The number of carbonyl (C=O) groups is 1. The van der Waals surface area contributed by atoms with Gasteiger partial charge in [-0.2, -0.15) is 0 Å². The summed E-state index contributed by atoms with van der Waals surface area (Å²) in [6.07, 6.45) is 6.10. The first-order valence-electron chi connectivity index (χ1n) is 7.24. The van der Waals surface area contributed by atoms with Gasteiger partial charge in [0.05, 0.1) is 6.26 Å². The largest absolute Gasteiger partial charge is 0.334 e. The van der Waals surface area contributed by atoms with E-state index in [2.05, 4.69) is 9.71 Å². The number of nitrogens with zero attached hydrogens (tertiary/aromatic N) is 2. The van der Waals surface area contributed by atoms with Crippen LogP contribution in [0.4, 0.5) is 0 Å². The fourth-order valence-electron chi connectivity index (χ4n) is 2.65. The Kier molecular flexibility index (Phi) is 5.77.